The number of anilines is 1. The van der Waals surface area contributed by atoms with Crippen molar-refractivity contribution >= 4 is 21.6 Å². The van der Waals surface area contributed by atoms with Crippen LogP contribution in [0.3, 0.4) is 0 Å². The summed E-state index contributed by atoms with van der Waals surface area (Å²) in [7, 11) is -3.44. The monoisotopic (exact) mass is 372 g/mol. The molecule has 6 heteroatoms. The van der Waals surface area contributed by atoms with Gasteiger partial charge in [-0.25, -0.2) is 13.2 Å². The number of benzene rings is 2. The summed E-state index contributed by atoms with van der Waals surface area (Å²) in [5.41, 5.74) is 8.98. The van der Waals surface area contributed by atoms with Gasteiger partial charge in [0, 0.05) is 5.69 Å². The van der Waals surface area contributed by atoms with Crippen molar-refractivity contribution in [1.29, 1.82) is 0 Å². The molecule has 5 nitrogen and oxygen atoms in total. The number of nitrogens with one attached hydrogen (secondary N) is 1. The number of amides is 2. The van der Waals surface area contributed by atoms with Crippen molar-refractivity contribution in [2.75, 3.05) is 5.32 Å². The van der Waals surface area contributed by atoms with Gasteiger partial charge in [0.25, 0.3) is 0 Å². The molecule has 1 aliphatic rings. The molecule has 0 aliphatic heterocycles. The molecule has 0 heterocycles. The smallest absolute Gasteiger partial charge is 0.316 e. The lowest BCUT2D eigenvalue weighted by Gasteiger charge is -2.24. The predicted molar refractivity (Wildman–Crippen MR) is 103 cm³/mol. The Labute approximate surface area is 154 Å². The second kappa shape index (κ2) is 7.50. The average Bonchev–Trinajstić information content (AvgIpc) is 2.61. The highest BCUT2D eigenvalue weighted by Gasteiger charge is 2.20. The van der Waals surface area contributed by atoms with Crippen molar-refractivity contribution in [3.63, 3.8) is 0 Å². The second-order valence-corrected chi connectivity index (χ2v) is 8.88. The number of carbonyl (C=O) groups is 1. The average molecular weight is 372 g/mol. The van der Waals surface area contributed by atoms with Crippen LogP contribution in [-0.4, -0.2) is 14.4 Å². The van der Waals surface area contributed by atoms with Gasteiger partial charge in [0.15, 0.2) is 9.84 Å². The number of fused-ring (bicyclic) bond motifs is 1. The van der Waals surface area contributed by atoms with E-state index >= 15 is 0 Å². The first-order valence-corrected chi connectivity index (χ1v) is 10.5. The Morgan fingerprint density at radius 3 is 2.54 bits per heavy atom. The van der Waals surface area contributed by atoms with Crippen LogP contribution in [-0.2, 0) is 28.4 Å². The van der Waals surface area contributed by atoms with Crippen LogP contribution in [0.5, 0.6) is 0 Å². The molecule has 0 saturated heterocycles. The van der Waals surface area contributed by atoms with Crippen molar-refractivity contribution in [3.05, 3.63) is 59.2 Å². The molecule has 3 N–H and O–H groups in total. The number of rotatable bonds is 5. The maximum atomic E-state index is 12.7. The summed E-state index contributed by atoms with van der Waals surface area (Å²) in [5, 5.41) is 2.42. The van der Waals surface area contributed by atoms with Gasteiger partial charge in [0.05, 0.1) is 10.6 Å². The van der Waals surface area contributed by atoms with Crippen LogP contribution >= 0.6 is 0 Å². The lowest BCUT2D eigenvalue weighted by Crippen LogP contribution is -2.19. The number of hydrogen-bond donors (Lipinski definition) is 2. The maximum absolute atomic E-state index is 12.7. The lowest BCUT2D eigenvalue weighted by atomic mass is 9.82. The number of hydrogen-bond acceptors (Lipinski definition) is 3. The highest BCUT2D eigenvalue weighted by molar-refractivity contribution is 7.90. The van der Waals surface area contributed by atoms with E-state index in [1.807, 2.05) is 12.1 Å². The molecule has 0 bridgehead atoms. The summed E-state index contributed by atoms with van der Waals surface area (Å²) in [4.78, 5) is 11.1. The Hall–Kier alpha value is -2.34. The number of sulfone groups is 1. The van der Waals surface area contributed by atoms with Gasteiger partial charge in [-0.2, -0.15) is 0 Å². The van der Waals surface area contributed by atoms with E-state index in [1.54, 1.807) is 0 Å². The molecule has 0 aromatic heterocycles. The zero-order valence-electron chi connectivity index (χ0n) is 14.9. The number of urea groups is 1. The summed E-state index contributed by atoms with van der Waals surface area (Å²) in [6.45, 7) is 2.22. The summed E-state index contributed by atoms with van der Waals surface area (Å²) in [5.74, 6) is 0.713. The van der Waals surface area contributed by atoms with Crippen LogP contribution in [0.15, 0.2) is 47.4 Å². The molecule has 0 fully saturated rings. The fraction of sp³-hybridized carbons (Fsp3) is 0.350. The third kappa shape index (κ3) is 4.25. The largest absolute Gasteiger partial charge is 0.351 e. The van der Waals surface area contributed by atoms with E-state index in [9.17, 15) is 13.2 Å². The molecule has 1 atom stereocenters. The standard InChI is InChI=1S/C20H24N2O3S/c1-2-14-3-5-17-12-15(4-6-16(17)11-14)13-26(24,25)19-9-7-18(8-10-19)22-20(21)23/h4,6-10,12,14H,2-3,5,11,13H2,1H3,(H3,21,22,23). The van der Waals surface area contributed by atoms with Gasteiger partial charge in [-0.1, -0.05) is 31.5 Å². The van der Waals surface area contributed by atoms with Crippen LogP contribution in [0.4, 0.5) is 10.5 Å². The third-order valence-corrected chi connectivity index (χ3v) is 6.72. The Morgan fingerprint density at radius 2 is 1.88 bits per heavy atom. The van der Waals surface area contributed by atoms with Crippen molar-refractivity contribution in [3.8, 4) is 0 Å². The van der Waals surface area contributed by atoms with E-state index in [4.69, 9.17) is 5.73 Å². The second-order valence-electron chi connectivity index (χ2n) is 6.89. The molecule has 1 aliphatic carbocycles. The van der Waals surface area contributed by atoms with Gasteiger partial charge in [0.1, 0.15) is 0 Å². The fourth-order valence-corrected chi connectivity index (χ4v) is 4.85. The maximum Gasteiger partial charge on any atom is 0.316 e. The minimum Gasteiger partial charge on any atom is -0.351 e. The Bertz CT molecular complexity index is 905. The molecular formula is C20H24N2O3S. The Kier molecular flexibility index (Phi) is 5.32. The van der Waals surface area contributed by atoms with E-state index in [-0.39, 0.29) is 10.6 Å². The first kappa shape index (κ1) is 18.5. The van der Waals surface area contributed by atoms with Crippen LogP contribution in [0.2, 0.25) is 0 Å². The van der Waals surface area contributed by atoms with Crippen molar-refractivity contribution in [2.45, 2.75) is 43.3 Å². The first-order valence-electron chi connectivity index (χ1n) is 8.87. The topological polar surface area (TPSA) is 89.3 Å². The van der Waals surface area contributed by atoms with Crippen LogP contribution in [0.1, 0.15) is 36.5 Å². The highest BCUT2D eigenvalue weighted by atomic mass is 32.2. The van der Waals surface area contributed by atoms with Gasteiger partial charge in [-0.05, 0) is 66.1 Å². The molecule has 1 unspecified atom stereocenters. The Balaban J connectivity index is 1.76. The van der Waals surface area contributed by atoms with Crippen LogP contribution in [0, 0.1) is 5.92 Å². The van der Waals surface area contributed by atoms with Crippen LogP contribution in [0.25, 0.3) is 0 Å². The zero-order chi connectivity index (χ0) is 18.7. The molecule has 26 heavy (non-hydrogen) atoms. The molecule has 0 spiro atoms. The van der Waals surface area contributed by atoms with Gasteiger partial charge in [-0.3, -0.25) is 0 Å². The number of aryl methyl sites for hydroxylation is 1. The molecule has 2 aromatic rings. The first-order chi connectivity index (χ1) is 12.4. The normalized spacial score (nSPS) is 16.7. The number of primary amides is 1. The molecule has 0 saturated carbocycles. The SMILES string of the molecule is CCC1CCc2cc(CS(=O)(=O)c3ccc(NC(N)=O)cc3)ccc2C1. The van der Waals surface area contributed by atoms with Crippen LogP contribution < -0.4 is 11.1 Å². The molecule has 2 aromatic carbocycles. The molecular weight excluding hydrogens is 348 g/mol. The van der Waals surface area contributed by atoms with E-state index < -0.39 is 15.9 Å². The third-order valence-electron chi connectivity index (χ3n) is 5.02. The predicted octanol–water partition coefficient (Wildman–Crippen LogP) is 3.67. The van der Waals surface area contributed by atoms with Gasteiger partial charge in [-0.15, -0.1) is 0 Å². The van der Waals surface area contributed by atoms with Gasteiger partial charge < -0.3 is 11.1 Å². The van der Waals surface area contributed by atoms with E-state index in [0.29, 0.717) is 5.69 Å². The van der Waals surface area contributed by atoms with Crippen molar-refractivity contribution < 1.29 is 13.2 Å². The number of carbonyl (C=O) groups excluding carboxylic acids is 1. The minimum absolute atomic E-state index is 0.0277. The van der Waals surface area contributed by atoms with Gasteiger partial charge >= 0.3 is 6.03 Å². The van der Waals surface area contributed by atoms with E-state index in [2.05, 4.69) is 18.3 Å². The lowest BCUT2D eigenvalue weighted by molar-refractivity contribution is 0.259. The molecule has 2 amide bonds. The van der Waals surface area contributed by atoms with Crippen molar-refractivity contribution in [1.82, 2.24) is 0 Å². The minimum atomic E-state index is -3.44. The van der Waals surface area contributed by atoms with E-state index in [1.165, 1.54) is 48.2 Å². The number of nitrogens with two attached hydrogens (primary N) is 1. The summed E-state index contributed by atoms with van der Waals surface area (Å²) in [6, 6.07) is 11.4. The zero-order valence-corrected chi connectivity index (χ0v) is 15.7. The van der Waals surface area contributed by atoms with Crippen molar-refractivity contribution in [2.24, 2.45) is 11.7 Å². The Morgan fingerprint density at radius 1 is 1.15 bits per heavy atom. The molecule has 138 valence electrons. The highest BCUT2D eigenvalue weighted by Crippen LogP contribution is 2.29. The molecule has 3 rings (SSSR count). The fourth-order valence-electron chi connectivity index (χ4n) is 3.51. The summed E-state index contributed by atoms with van der Waals surface area (Å²) >= 11 is 0. The van der Waals surface area contributed by atoms with E-state index in [0.717, 1.165) is 24.3 Å². The summed E-state index contributed by atoms with van der Waals surface area (Å²) < 4.78 is 25.4. The van der Waals surface area contributed by atoms with Gasteiger partial charge in [0.2, 0.25) is 0 Å². The summed E-state index contributed by atoms with van der Waals surface area (Å²) in [6.07, 6.45) is 4.48. The quantitative estimate of drug-likeness (QED) is 0.839. The molecule has 0 radical (unpaired) electrons.